The first kappa shape index (κ1) is 16.2. The third kappa shape index (κ3) is 5.25. The van der Waals surface area contributed by atoms with E-state index in [1.54, 1.807) is 0 Å². The number of likely N-dealkylation sites (N-methyl/N-ethyl adjacent to an activating group) is 1. The standard InChI is InChI=1S/C18H27NO2/c1-18(2,17(20)16-7-5-4-6-8-16)14-19(3)11-12-21-13-15-9-10-15/h4-8,15H,9-14H2,1-3H3. The minimum atomic E-state index is -0.382. The van der Waals surface area contributed by atoms with Gasteiger partial charge in [-0.3, -0.25) is 4.79 Å². The first-order chi connectivity index (χ1) is 9.99. The predicted octanol–water partition coefficient (Wildman–Crippen LogP) is 3.25. The number of Topliss-reactive ketones (excluding diaryl/α,β-unsaturated/α-hetero) is 1. The van der Waals surface area contributed by atoms with Crippen LogP contribution in [0.5, 0.6) is 0 Å². The number of ether oxygens (including phenoxy) is 1. The Morgan fingerprint density at radius 2 is 1.95 bits per heavy atom. The quantitative estimate of drug-likeness (QED) is 0.516. The molecule has 116 valence electrons. The van der Waals surface area contributed by atoms with Crippen LogP contribution in [0.3, 0.4) is 0 Å². The van der Waals surface area contributed by atoms with E-state index < -0.39 is 0 Å². The summed E-state index contributed by atoms with van der Waals surface area (Å²) in [5.74, 6) is 1.01. The van der Waals surface area contributed by atoms with Gasteiger partial charge in [0.25, 0.3) is 0 Å². The second-order valence-electron chi connectivity index (χ2n) is 6.84. The molecule has 3 heteroatoms. The van der Waals surface area contributed by atoms with E-state index in [-0.39, 0.29) is 11.2 Å². The highest BCUT2D eigenvalue weighted by atomic mass is 16.5. The summed E-state index contributed by atoms with van der Waals surface area (Å²) in [4.78, 5) is 14.8. The van der Waals surface area contributed by atoms with E-state index in [0.29, 0.717) is 0 Å². The number of hydrogen-bond donors (Lipinski definition) is 0. The van der Waals surface area contributed by atoms with Crippen LogP contribution in [0.4, 0.5) is 0 Å². The van der Waals surface area contributed by atoms with Gasteiger partial charge in [0.1, 0.15) is 0 Å². The number of rotatable bonds is 9. The fraction of sp³-hybridized carbons (Fsp3) is 0.611. The molecule has 0 atom stereocenters. The Hall–Kier alpha value is -1.19. The molecule has 1 saturated carbocycles. The summed E-state index contributed by atoms with van der Waals surface area (Å²) < 4.78 is 5.66. The Morgan fingerprint density at radius 3 is 2.57 bits per heavy atom. The highest BCUT2D eigenvalue weighted by molar-refractivity contribution is 6.00. The molecule has 1 aliphatic carbocycles. The van der Waals surface area contributed by atoms with Crippen LogP contribution in [-0.4, -0.2) is 44.0 Å². The molecule has 1 aromatic rings. The van der Waals surface area contributed by atoms with Crippen molar-refractivity contribution in [3.05, 3.63) is 35.9 Å². The Kier molecular flexibility index (Phi) is 5.54. The van der Waals surface area contributed by atoms with Crippen LogP contribution < -0.4 is 0 Å². The van der Waals surface area contributed by atoms with Gasteiger partial charge in [-0.15, -0.1) is 0 Å². The van der Waals surface area contributed by atoms with Crippen LogP contribution in [-0.2, 0) is 4.74 Å². The summed E-state index contributed by atoms with van der Waals surface area (Å²) in [6.07, 6.45) is 2.66. The van der Waals surface area contributed by atoms with E-state index in [4.69, 9.17) is 4.74 Å². The molecule has 1 aromatic carbocycles. The van der Waals surface area contributed by atoms with E-state index in [1.807, 2.05) is 44.2 Å². The molecule has 0 amide bonds. The van der Waals surface area contributed by atoms with Crippen molar-refractivity contribution >= 4 is 5.78 Å². The largest absolute Gasteiger partial charge is 0.380 e. The first-order valence-electron chi connectivity index (χ1n) is 7.85. The van der Waals surface area contributed by atoms with Crippen LogP contribution in [0, 0.1) is 11.3 Å². The number of carbonyl (C=O) groups excluding carboxylic acids is 1. The van der Waals surface area contributed by atoms with Crippen LogP contribution in [0.25, 0.3) is 0 Å². The van der Waals surface area contributed by atoms with Crippen LogP contribution in [0.15, 0.2) is 30.3 Å². The zero-order valence-corrected chi connectivity index (χ0v) is 13.5. The molecule has 1 fully saturated rings. The lowest BCUT2D eigenvalue weighted by Crippen LogP contribution is -2.38. The van der Waals surface area contributed by atoms with Gasteiger partial charge in [-0.2, -0.15) is 0 Å². The zero-order chi connectivity index (χ0) is 15.3. The van der Waals surface area contributed by atoms with Gasteiger partial charge in [0.05, 0.1) is 6.61 Å². The maximum Gasteiger partial charge on any atom is 0.169 e. The topological polar surface area (TPSA) is 29.5 Å². The molecule has 1 aliphatic rings. The van der Waals surface area contributed by atoms with Crippen LogP contribution in [0.2, 0.25) is 0 Å². The summed E-state index contributed by atoms with van der Waals surface area (Å²) in [5, 5.41) is 0. The second-order valence-corrected chi connectivity index (χ2v) is 6.84. The van der Waals surface area contributed by atoms with Gasteiger partial charge in [-0.25, -0.2) is 0 Å². The molecule has 3 nitrogen and oxygen atoms in total. The Labute approximate surface area is 128 Å². The third-order valence-electron chi connectivity index (χ3n) is 3.98. The van der Waals surface area contributed by atoms with Gasteiger partial charge in [-0.05, 0) is 25.8 Å². The van der Waals surface area contributed by atoms with Gasteiger partial charge in [-0.1, -0.05) is 44.2 Å². The van der Waals surface area contributed by atoms with Crippen molar-refractivity contribution in [3.8, 4) is 0 Å². The average Bonchev–Trinajstić information content (AvgIpc) is 3.27. The smallest absolute Gasteiger partial charge is 0.169 e. The highest BCUT2D eigenvalue weighted by Crippen LogP contribution is 2.28. The number of hydrogen-bond acceptors (Lipinski definition) is 3. The first-order valence-corrected chi connectivity index (χ1v) is 7.85. The number of benzene rings is 1. The Bertz CT molecular complexity index is 452. The molecular formula is C18H27NO2. The number of carbonyl (C=O) groups is 1. The summed E-state index contributed by atoms with van der Waals surface area (Å²) in [6, 6.07) is 9.55. The predicted molar refractivity (Wildman–Crippen MR) is 85.6 cm³/mol. The molecule has 0 aliphatic heterocycles. The average molecular weight is 289 g/mol. The molecule has 0 spiro atoms. The lowest BCUT2D eigenvalue weighted by atomic mass is 9.84. The van der Waals surface area contributed by atoms with Crippen molar-refractivity contribution in [1.29, 1.82) is 0 Å². The van der Waals surface area contributed by atoms with Crippen molar-refractivity contribution in [1.82, 2.24) is 4.90 Å². The van der Waals surface area contributed by atoms with Crippen molar-refractivity contribution < 1.29 is 9.53 Å². The minimum absolute atomic E-state index is 0.203. The summed E-state index contributed by atoms with van der Waals surface area (Å²) in [5.41, 5.74) is 0.410. The van der Waals surface area contributed by atoms with Crippen molar-refractivity contribution in [2.24, 2.45) is 11.3 Å². The second kappa shape index (κ2) is 7.19. The number of nitrogens with zero attached hydrogens (tertiary/aromatic N) is 1. The summed E-state index contributed by atoms with van der Waals surface area (Å²) >= 11 is 0. The molecule has 0 heterocycles. The molecule has 0 radical (unpaired) electrons. The van der Waals surface area contributed by atoms with Crippen LogP contribution >= 0.6 is 0 Å². The van der Waals surface area contributed by atoms with Crippen molar-refractivity contribution in [3.63, 3.8) is 0 Å². The fourth-order valence-corrected chi connectivity index (χ4v) is 2.56. The Balaban J connectivity index is 1.77. The zero-order valence-electron chi connectivity index (χ0n) is 13.5. The lowest BCUT2D eigenvalue weighted by molar-refractivity contribution is 0.0707. The fourth-order valence-electron chi connectivity index (χ4n) is 2.56. The SMILES string of the molecule is CN(CCOCC1CC1)CC(C)(C)C(=O)c1ccccc1. The highest BCUT2D eigenvalue weighted by Gasteiger charge is 2.29. The summed E-state index contributed by atoms with van der Waals surface area (Å²) in [6.45, 7) is 7.31. The minimum Gasteiger partial charge on any atom is -0.380 e. The summed E-state index contributed by atoms with van der Waals surface area (Å²) in [7, 11) is 2.06. The third-order valence-corrected chi connectivity index (χ3v) is 3.98. The van der Waals surface area contributed by atoms with Gasteiger partial charge in [0.15, 0.2) is 5.78 Å². The maximum absolute atomic E-state index is 12.6. The molecule has 2 rings (SSSR count). The molecule has 0 bridgehead atoms. The Morgan fingerprint density at radius 1 is 1.29 bits per heavy atom. The maximum atomic E-state index is 12.6. The van der Waals surface area contributed by atoms with E-state index in [2.05, 4.69) is 11.9 Å². The van der Waals surface area contributed by atoms with E-state index >= 15 is 0 Å². The monoisotopic (exact) mass is 289 g/mol. The van der Waals surface area contributed by atoms with Gasteiger partial charge in [0.2, 0.25) is 0 Å². The van der Waals surface area contributed by atoms with E-state index in [0.717, 1.165) is 37.8 Å². The van der Waals surface area contributed by atoms with Crippen molar-refractivity contribution in [2.45, 2.75) is 26.7 Å². The van der Waals surface area contributed by atoms with Gasteiger partial charge in [0, 0.05) is 30.7 Å². The molecule has 21 heavy (non-hydrogen) atoms. The van der Waals surface area contributed by atoms with Gasteiger partial charge < -0.3 is 9.64 Å². The molecule has 0 unspecified atom stereocenters. The molecule has 0 N–H and O–H groups in total. The molecule has 0 saturated heterocycles. The van der Waals surface area contributed by atoms with Gasteiger partial charge >= 0.3 is 0 Å². The molecule has 0 aromatic heterocycles. The normalized spacial score (nSPS) is 15.4. The molecular weight excluding hydrogens is 262 g/mol. The van der Waals surface area contributed by atoms with Crippen molar-refractivity contribution in [2.75, 3.05) is 33.4 Å². The number of ketones is 1. The van der Waals surface area contributed by atoms with E-state index in [1.165, 1.54) is 12.8 Å². The van der Waals surface area contributed by atoms with E-state index in [9.17, 15) is 4.79 Å². The lowest BCUT2D eigenvalue weighted by Gasteiger charge is -2.29. The van der Waals surface area contributed by atoms with Crippen LogP contribution in [0.1, 0.15) is 37.0 Å².